The van der Waals surface area contributed by atoms with Crippen molar-refractivity contribution in [1.82, 2.24) is 4.90 Å². The van der Waals surface area contributed by atoms with Crippen LogP contribution in [0.5, 0.6) is 0 Å². The minimum Gasteiger partial charge on any atom is -0.396 e. The Kier molecular flexibility index (Phi) is 4.31. The Bertz CT molecular complexity index is 460. The number of nitrogens with one attached hydrogen (secondary N) is 1. The van der Waals surface area contributed by atoms with Crippen molar-refractivity contribution in [2.24, 2.45) is 5.92 Å². The average molecular weight is 270 g/mol. The van der Waals surface area contributed by atoms with Gasteiger partial charge in [0, 0.05) is 25.8 Å². The van der Waals surface area contributed by atoms with Crippen LogP contribution in [-0.4, -0.2) is 35.7 Å². The van der Waals surface area contributed by atoms with Crippen molar-refractivity contribution >= 4 is 11.7 Å². The molecule has 0 aliphatic carbocycles. The summed E-state index contributed by atoms with van der Waals surface area (Å²) in [5, 5.41) is 11.4. The predicted octanol–water partition coefficient (Wildman–Crippen LogP) is 2.20. The smallest absolute Gasteiger partial charge is 0.321 e. The van der Waals surface area contributed by atoms with E-state index in [0.717, 1.165) is 25.0 Å². The number of hydrogen-bond donors (Lipinski definition) is 2. The number of rotatable bonds is 2. The first-order valence-electron chi connectivity index (χ1n) is 6.22. The summed E-state index contributed by atoms with van der Waals surface area (Å²) in [6, 6.07) is 2.62. The Labute approximate surface area is 110 Å². The molecule has 2 N–H and O–H groups in total. The Balaban J connectivity index is 1.94. The van der Waals surface area contributed by atoms with Crippen LogP contribution >= 0.6 is 0 Å². The lowest BCUT2D eigenvalue weighted by Gasteiger charge is -2.31. The van der Waals surface area contributed by atoms with Crippen molar-refractivity contribution in [3.63, 3.8) is 0 Å². The van der Waals surface area contributed by atoms with Gasteiger partial charge >= 0.3 is 6.03 Å². The maximum Gasteiger partial charge on any atom is 0.321 e. The third-order valence-electron chi connectivity index (χ3n) is 3.33. The molecule has 1 aliphatic rings. The van der Waals surface area contributed by atoms with Gasteiger partial charge in [-0.2, -0.15) is 0 Å². The van der Waals surface area contributed by atoms with E-state index in [1.54, 1.807) is 4.90 Å². The number of amides is 2. The summed E-state index contributed by atoms with van der Waals surface area (Å²) in [6.07, 6.45) is 1.46. The molecule has 0 saturated carbocycles. The van der Waals surface area contributed by atoms with E-state index in [1.165, 1.54) is 6.07 Å². The maximum atomic E-state index is 13.4. The fourth-order valence-corrected chi connectivity index (χ4v) is 2.10. The van der Waals surface area contributed by atoms with E-state index in [-0.39, 0.29) is 18.2 Å². The first-order chi connectivity index (χ1) is 9.10. The molecule has 0 unspecified atom stereocenters. The molecule has 1 aliphatic heterocycles. The predicted molar refractivity (Wildman–Crippen MR) is 66.8 cm³/mol. The molecule has 0 aromatic heterocycles. The van der Waals surface area contributed by atoms with Crippen molar-refractivity contribution in [2.75, 3.05) is 25.0 Å². The number of nitrogens with zero attached hydrogens (tertiary/aromatic N) is 1. The summed E-state index contributed by atoms with van der Waals surface area (Å²) in [5.74, 6) is -1.25. The molecule has 0 bridgehead atoms. The van der Waals surface area contributed by atoms with E-state index >= 15 is 0 Å². The second-order valence-electron chi connectivity index (χ2n) is 4.67. The number of carbonyl (C=O) groups is 1. The Morgan fingerprint density at radius 2 is 2.05 bits per heavy atom. The molecule has 1 aromatic carbocycles. The van der Waals surface area contributed by atoms with Gasteiger partial charge in [0.25, 0.3) is 0 Å². The number of carbonyl (C=O) groups excluding carboxylic acids is 1. The molecule has 2 rings (SSSR count). The molecule has 0 radical (unpaired) electrons. The first kappa shape index (κ1) is 13.7. The molecular weight excluding hydrogens is 254 g/mol. The van der Waals surface area contributed by atoms with Gasteiger partial charge in [-0.25, -0.2) is 13.6 Å². The van der Waals surface area contributed by atoms with Gasteiger partial charge in [-0.3, -0.25) is 0 Å². The zero-order chi connectivity index (χ0) is 13.8. The van der Waals surface area contributed by atoms with Crippen LogP contribution in [0.2, 0.25) is 0 Å². The van der Waals surface area contributed by atoms with E-state index in [0.29, 0.717) is 13.1 Å². The van der Waals surface area contributed by atoms with Crippen LogP contribution < -0.4 is 5.32 Å². The molecule has 1 saturated heterocycles. The second-order valence-corrected chi connectivity index (χ2v) is 4.67. The minimum atomic E-state index is -0.793. The number of urea groups is 1. The average Bonchev–Trinajstić information content (AvgIpc) is 2.42. The maximum absolute atomic E-state index is 13.4. The highest BCUT2D eigenvalue weighted by atomic mass is 19.1. The topological polar surface area (TPSA) is 52.6 Å². The normalized spacial score (nSPS) is 16.5. The van der Waals surface area contributed by atoms with Gasteiger partial charge in [0.2, 0.25) is 0 Å². The first-order valence-corrected chi connectivity index (χ1v) is 6.22. The zero-order valence-electron chi connectivity index (χ0n) is 10.4. The van der Waals surface area contributed by atoms with Gasteiger partial charge in [0.15, 0.2) is 0 Å². The Morgan fingerprint density at radius 1 is 1.37 bits per heavy atom. The van der Waals surface area contributed by atoms with Crippen molar-refractivity contribution < 1.29 is 18.7 Å². The molecule has 19 heavy (non-hydrogen) atoms. The molecule has 0 spiro atoms. The fraction of sp³-hybridized carbons (Fsp3) is 0.462. The number of hydrogen-bond acceptors (Lipinski definition) is 2. The van der Waals surface area contributed by atoms with Crippen LogP contribution in [0.25, 0.3) is 0 Å². The van der Waals surface area contributed by atoms with E-state index in [1.807, 2.05) is 0 Å². The minimum absolute atomic E-state index is 0.0318. The fourth-order valence-electron chi connectivity index (χ4n) is 2.10. The number of anilines is 1. The molecule has 1 heterocycles. The number of piperidine rings is 1. The molecule has 4 nitrogen and oxygen atoms in total. The van der Waals surface area contributed by atoms with E-state index in [2.05, 4.69) is 5.32 Å². The van der Waals surface area contributed by atoms with Gasteiger partial charge in [-0.15, -0.1) is 0 Å². The summed E-state index contributed by atoms with van der Waals surface area (Å²) in [5.41, 5.74) is -0.0318. The van der Waals surface area contributed by atoms with Crippen LogP contribution in [0, 0.1) is 17.6 Å². The lowest BCUT2D eigenvalue weighted by molar-refractivity contribution is 0.143. The van der Waals surface area contributed by atoms with Crippen LogP contribution in [0.15, 0.2) is 18.2 Å². The van der Waals surface area contributed by atoms with Crippen molar-refractivity contribution in [3.8, 4) is 0 Å². The standard InChI is InChI=1S/C13H16F2N2O2/c14-10-1-2-12(11(15)7-10)16-13(19)17-5-3-9(8-18)4-6-17/h1-2,7,9,18H,3-6,8H2,(H,16,19). The summed E-state index contributed by atoms with van der Waals surface area (Å²) < 4.78 is 26.1. The van der Waals surface area contributed by atoms with Crippen LogP contribution in [0.3, 0.4) is 0 Å². The molecule has 104 valence electrons. The highest BCUT2D eigenvalue weighted by Gasteiger charge is 2.22. The zero-order valence-corrected chi connectivity index (χ0v) is 10.4. The summed E-state index contributed by atoms with van der Waals surface area (Å²) >= 11 is 0. The van der Waals surface area contributed by atoms with Gasteiger partial charge in [0.1, 0.15) is 11.6 Å². The lowest BCUT2D eigenvalue weighted by Crippen LogP contribution is -2.41. The number of aliphatic hydroxyl groups is 1. The third kappa shape index (κ3) is 3.41. The number of likely N-dealkylation sites (tertiary alicyclic amines) is 1. The van der Waals surface area contributed by atoms with Gasteiger partial charge in [-0.05, 0) is 30.9 Å². The lowest BCUT2D eigenvalue weighted by atomic mass is 9.98. The van der Waals surface area contributed by atoms with Crippen molar-refractivity contribution in [2.45, 2.75) is 12.8 Å². The van der Waals surface area contributed by atoms with E-state index < -0.39 is 17.7 Å². The van der Waals surface area contributed by atoms with E-state index in [4.69, 9.17) is 5.11 Å². The number of aliphatic hydroxyl groups excluding tert-OH is 1. The molecule has 6 heteroatoms. The quantitative estimate of drug-likeness (QED) is 0.865. The van der Waals surface area contributed by atoms with Crippen molar-refractivity contribution in [1.29, 1.82) is 0 Å². The highest BCUT2D eigenvalue weighted by molar-refractivity contribution is 5.89. The second kappa shape index (κ2) is 5.97. The monoisotopic (exact) mass is 270 g/mol. The largest absolute Gasteiger partial charge is 0.396 e. The number of benzene rings is 1. The third-order valence-corrected chi connectivity index (χ3v) is 3.33. The van der Waals surface area contributed by atoms with Crippen LogP contribution in [-0.2, 0) is 0 Å². The Hall–Kier alpha value is -1.69. The molecule has 0 atom stereocenters. The summed E-state index contributed by atoms with van der Waals surface area (Å²) in [7, 11) is 0. The Morgan fingerprint density at radius 3 is 2.63 bits per heavy atom. The SMILES string of the molecule is O=C(Nc1ccc(F)cc1F)N1CCC(CO)CC1. The highest BCUT2D eigenvalue weighted by Crippen LogP contribution is 2.19. The molecule has 1 fully saturated rings. The van der Waals surface area contributed by atoms with Gasteiger partial charge in [0.05, 0.1) is 5.69 Å². The summed E-state index contributed by atoms with van der Waals surface area (Å²) in [6.45, 7) is 1.18. The van der Waals surface area contributed by atoms with Gasteiger partial charge in [-0.1, -0.05) is 0 Å². The molecule has 2 amide bonds. The van der Waals surface area contributed by atoms with Gasteiger partial charge < -0.3 is 15.3 Å². The van der Waals surface area contributed by atoms with E-state index in [9.17, 15) is 13.6 Å². The molecule has 1 aromatic rings. The van der Waals surface area contributed by atoms with Crippen LogP contribution in [0.1, 0.15) is 12.8 Å². The number of halogens is 2. The summed E-state index contributed by atoms with van der Waals surface area (Å²) in [4.78, 5) is 13.5. The molecular formula is C13H16F2N2O2. The van der Waals surface area contributed by atoms with Crippen molar-refractivity contribution in [3.05, 3.63) is 29.8 Å². The van der Waals surface area contributed by atoms with Crippen LogP contribution in [0.4, 0.5) is 19.3 Å².